The van der Waals surface area contributed by atoms with Crippen LogP contribution in [0.25, 0.3) is 0 Å². The highest BCUT2D eigenvalue weighted by atomic mass is 32.2. The van der Waals surface area contributed by atoms with Gasteiger partial charge in [-0.25, -0.2) is 17.2 Å². The molecule has 0 aromatic heterocycles. The molecular formula is C19H22F2N2O3S. The number of nitrogens with one attached hydrogen (secondary N) is 1. The van der Waals surface area contributed by atoms with Crippen molar-refractivity contribution in [2.45, 2.75) is 25.8 Å². The van der Waals surface area contributed by atoms with E-state index in [1.165, 1.54) is 37.3 Å². The lowest BCUT2D eigenvalue weighted by molar-refractivity contribution is -0.121. The third-order valence-corrected chi connectivity index (χ3v) is 5.26. The van der Waals surface area contributed by atoms with Crippen molar-refractivity contribution in [3.8, 4) is 0 Å². The van der Waals surface area contributed by atoms with Crippen molar-refractivity contribution in [1.29, 1.82) is 0 Å². The summed E-state index contributed by atoms with van der Waals surface area (Å²) < 4.78 is 51.9. The van der Waals surface area contributed by atoms with Crippen LogP contribution in [0.1, 0.15) is 18.9 Å². The number of carbonyl (C=O) groups is 1. The van der Waals surface area contributed by atoms with Gasteiger partial charge < -0.3 is 5.32 Å². The van der Waals surface area contributed by atoms with Gasteiger partial charge in [-0.05, 0) is 49.6 Å². The molecule has 2 rings (SSSR count). The molecule has 0 saturated heterocycles. The molecular weight excluding hydrogens is 374 g/mol. The highest BCUT2D eigenvalue weighted by molar-refractivity contribution is 7.92. The predicted octanol–water partition coefficient (Wildman–Crippen LogP) is 2.87. The van der Waals surface area contributed by atoms with Crippen molar-refractivity contribution >= 4 is 21.6 Å². The number of aryl methyl sites for hydroxylation is 1. The van der Waals surface area contributed by atoms with Crippen molar-refractivity contribution in [3.05, 3.63) is 65.7 Å². The van der Waals surface area contributed by atoms with Crippen molar-refractivity contribution < 1.29 is 22.0 Å². The molecule has 0 fully saturated rings. The molecule has 0 bridgehead atoms. The van der Waals surface area contributed by atoms with E-state index in [0.29, 0.717) is 19.4 Å². The first-order chi connectivity index (χ1) is 12.7. The molecule has 1 N–H and O–H groups in total. The van der Waals surface area contributed by atoms with E-state index >= 15 is 0 Å². The van der Waals surface area contributed by atoms with Gasteiger partial charge in [0.1, 0.15) is 17.7 Å². The first kappa shape index (κ1) is 20.8. The minimum Gasteiger partial charge on any atom is -0.354 e. The predicted molar refractivity (Wildman–Crippen MR) is 101 cm³/mol. The van der Waals surface area contributed by atoms with E-state index in [4.69, 9.17) is 0 Å². The Morgan fingerprint density at radius 3 is 2.33 bits per heavy atom. The normalized spacial score (nSPS) is 12.4. The highest BCUT2D eigenvalue weighted by Gasteiger charge is 2.30. The lowest BCUT2D eigenvalue weighted by atomic mass is 10.1. The molecule has 0 aliphatic carbocycles. The molecule has 0 spiro atoms. The van der Waals surface area contributed by atoms with Gasteiger partial charge in [-0.3, -0.25) is 9.10 Å². The molecule has 146 valence electrons. The van der Waals surface area contributed by atoms with Crippen LogP contribution in [-0.4, -0.2) is 33.2 Å². The van der Waals surface area contributed by atoms with Crippen molar-refractivity contribution in [3.63, 3.8) is 0 Å². The smallest absolute Gasteiger partial charge is 0.243 e. The molecule has 1 amide bonds. The number of amides is 1. The Kier molecular flexibility index (Phi) is 6.90. The van der Waals surface area contributed by atoms with Gasteiger partial charge >= 0.3 is 0 Å². The summed E-state index contributed by atoms with van der Waals surface area (Å²) in [6.07, 6.45) is 2.17. The molecule has 0 heterocycles. The van der Waals surface area contributed by atoms with Crippen LogP contribution in [0, 0.1) is 11.6 Å². The van der Waals surface area contributed by atoms with Crippen LogP contribution in [0.5, 0.6) is 0 Å². The van der Waals surface area contributed by atoms with Gasteiger partial charge in [0.25, 0.3) is 0 Å². The number of hydrogen-bond donors (Lipinski definition) is 1. The first-order valence-electron chi connectivity index (χ1n) is 8.46. The van der Waals surface area contributed by atoms with E-state index in [1.807, 2.05) is 0 Å². The SMILES string of the molecule is C[C@H](C(=O)NCCCc1ccc(F)cc1)N(c1ccccc1F)S(C)(=O)=O. The van der Waals surface area contributed by atoms with Crippen LogP contribution in [-0.2, 0) is 21.2 Å². The number of anilines is 1. The first-order valence-corrected chi connectivity index (χ1v) is 10.3. The molecule has 0 aliphatic heterocycles. The van der Waals surface area contributed by atoms with Gasteiger partial charge in [0, 0.05) is 6.54 Å². The maximum Gasteiger partial charge on any atom is 0.243 e. The number of hydrogen-bond acceptors (Lipinski definition) is 3. The zero-order valence-electron chi connectivity index (χ0n) is 15.2. The third kappa shape index (κ3) is 5.75. The second-order valence-electron chi connectivity index (χ2n) is 6.21. The summed E-state index contributed by atoms with van der Waals surface area (Å²) >= 11 is 0. The Balaban J connectivity index is 1.99. The van der Waals surface area contributed by atoms with Crippen LogP contribution in [0.3, 0.4) is 0 Å². The van der Waals surface area contributed by atoms with E-state index < -0.39 is 27.8 Å². The van der Waals surface area contributed by atoms with E-state index in [2.05, 4.69) is 5.32 Å². The fourth-order valence-electron chi connectivity index (χ4n) is 2.71. The molecule has 2 aromatic rings. The van der Waals surface area contributed by atoms with Crippen LogP contribution < -0.4 is 9.62 Å². The number of carbonyl (C=O) groups excluding carboxylic acids is 1. The fraction of sp³-hybridized carbons (Fsp3) is 0.316. The van der Waals surface area contributed by atoms with E-state index in [0.717, 1.165) is 22.2 Å². The highest BCUT2D eigenvalue weighted by Crippen LogP contribution is 2.24. The topological polar surface area (TPSA) is 66.5 Å². The van der Waals surface area contributed by atoms with Gasteiger partial charge in [-0.15, -0.1) is 0 Å². The Labute approximate surface area is 158 Å². The number of nitrogens with zero attached hydrogens (tertiary/aromatic N) is 1. The monoisotopic (exact) mass is 396 g/mol. The molecule has 5 nitrogen and oxygen atoms in total. The van der Waals surface area contributed by atoms with Gasteiger partial charge in [-0.2, -0.15) is 0 Å². The van der Waals surface area contributed by atoms with Gasteiger partial charge in [0.2, 0.25) is 15.9 Å². The average Bonchev–Trinajstić information content (AvgIpc) is 2.60. The summed E-state index contributed by atoms with van der Waals surface area (Å²) in [7, 11) is -3.87. The fourth-order valence-corrected chi connectivity index (χ4v) is 3.89. The number of para-hydroxylation sites is 1. The average molecular weight is 396 g/mol. The molecule has 0 saturated carbocycles. The van der Waals surface area contributed by atoms with Gasteiger partial charge in [0.15, 0.2) is 0 Å². The summed E-state index contributed by atoms with van der Waals surface area (Å²) in [5.41, 5.74) is 0.761. The summed E-state index contributed by atoms with van der Waals surface area (Å²) in [6.45, 7) is 1.72. The lowest BCUT2D eigenvalue weighted by Gasteiger charge is -2.28. The third-order valence-electron chi connectivity index (χ3n) is 4.03. The standard InChI is InChI=1S/C19H22F2N2O3S/c1-14(23(27(2,25)26)18-8-4-3-7-17(18)21)19(24)22-13-5-6-15-9-11-16(20)12-10-15/h3-4,7-12,14H,5-6,13H2,1-2H3,(H,22,24)/t14-/m1/s1. The Morgan fingerprint density at radius 2 is 1.74 bits per heavy atom. The minimum atomic E-state index is -3.87. The maximum atomic E-state index is 14.1. The van der Waals surface area contributed by atoms with Crippen molar-refractivity contribution in [2.75, 3.05) is 17.1 Å². The Morgan fingerprint density at radius 1 is 1.11 bits per heavy atom. The quantitative estimate of drug-likeness (QED) is 0.698. The summed E-state index contributed by atoms with van der Waals surface area (Å²) in [4.78, 5) is 12.4. The van der Waals surface area contributed by atoms with E-state index in [9.17, 15) is 22.0 Å². The Bertz CT molecular complexity index is 886. The number of benzene rings is 2. The second-order valence-corrected chi connectivity index (χ2v) is 8.07. The molecule has 8 heteroatoms. The molecule has 0 aliphatic rings. The molecule has 0 radical (unpaired) electrons. The lowest BCUT2D eigenvalue weighted by Crippen LogP contribution is -2.48. The summed E-state index contributed by atoms with van der Waals surface area (Å²) in [5.74, 6) is -1.56. The van der Waals surface area contributed by atoms with Gasteiger partial charge in [-0.1, -0.05) is 24.3 Å². The largest absolute Gasteiger partial charge is 0.354 e. The molecule has 1 atom stereocenters. The van der Waals surface area contributed by atoms with Crippen LogP contribution in [0.15, 0.2) is 48.5 Å². The molecule has 2 aromatic carbocycles. The van der Waals surface area contributed by atoms with Crippen molar-refractivity contribution in [2.24, 2.45) is 0 Å². The number of rotatable bonds is 8. The molecule has 0 unspecified atom stereocenters. The van der Waals surface area contributed by atoms with Crippen molar-refractivity contribution in [1.82, 2.24) is 5.32 Å². The zero-order chi connectivity index (χ0) is 20.0. The van der Waals surface area contributed by atoms with Crippen LogP contribution in [0.4, 0.5) is 14.5 Å². The van der Waals surface area contributed by atoms with E-state index in [1.54, 1.807) is 12.1 Å². The summed E-state index contributed by atoms with van der Waals surface area (Å²) in [5, 5.41) is 2.66. The Hall–Kier alpha value is -2.48. The maximum absolute atomic E-state index is 14.1. The second kappa shape index (κ2) is 8.94. The zero-order valence-corrected chi connectivity index (χ0v) is 16.0. The van der Waals surface area contributed by atoms with Gasteiger partial charge in [0.05, 0.1) is 11.9 Å². The number of halogens is 2. The number of sulfonamides is 1. The van der Waals surface area contributed by atoms with Crippen LogP contribution >= 0.6 is 0 Å². The molecule has 27 heavy (non-hydrogen) atoms. The summed E-state index contributed by atoms with van der Waals surface area (Å²) in [6, 6.07) is 10.4. The van der Waals surface area contributed by atoms with E-state index in [-0.39, 0.29) is 11.5 Å². The van der Waals surface area contributed by atoms with Crippen LogP contribution in [0.2, 0.25) is 0 Å². The minimum absolute atomic E-state index is 0.172.